The summed E-state index contributed by atoms with van der Waals surface area (Å²) in [7, 11) is 0. The van der Waals surface area contributed by atoms with Gasteiger partial charge in [-0.1, -0.05) is 12.2 Å². The van der Waals surface area contributed by atoms with Gasteiger partial charge in [0.2, 0.25) is 5.96 Å². The highest BCUT2D eigenvalue weighted by Crippen LogP contribution is 1.65. The summed E-state index contributed by atoms with van der Waals surface area (Å²) in [4.78, 5) is 0. The van der Waals surface area contributed by atoms with E-state index in [4.69, 9.17) is 11.1 Å². The number of hydrogen-bond donors (Lipinski definition) is 2. The molecule has 5 heteroatoms. The van der Waals surface area contributed by atoms with E-state index in [9.17, 15) is 0 Å². The van der Waals surface area contributed by atoms with Crippen LogP contribution in [-0.4, -0.2) is 11.5 Å². The molecule has 7 heavy (non-hydrogen) atoms. The van der Waals surface area contributed by atoms with E-state index in [1.54, 1.807) is 0 Å². The van der Waals surface area contributed by atoms with Crippen LogP contribution < -0.4 is 5.73 Å². The molecule has 3 N–H and O–H groups in total. The molecule has 0 aromatic heterocycles. The SMILES string of the molecule is N=C(N)N=NC=S. The molecule has 0 bridgehead atoms. The number of nitrogens with one attached hydrogen (secondary N) is 1. The van der Waals surface area contributed by atoms with Crippen LogP contribution in [0.25, 0.3) is 0 Å². The number of guanidine groups is 1. The number of nitrogens with zero attached hydrogens (tertiary/aromatic N) is 2. The molecule has 0 fully saturated rings. The molecule has 0 aliphatic rings. The summed E-state index contributed by atoms with van der Waals surface area (Å²) < 4.78 is 0. The van der Waals surface area contributed by atoms with Gasteiger partial charge in [-0.2, -0.15) is 0 Å². The molecule has 0 saturated carbocycles. The van der Waals surface area contributed by atoms with Crippen molar-refractivity contribution < 1.29 is 0 Å². The van der Waals surface area contributed by atoms with Crippen molar-refractivity contribution in [3.05, 3.63) is 0 Å². The highest BCUT2D eigenvalue weighted by molar-refractivity contribution is 7.78. The Balaban J connectivity index is 3.46. The molecule has 0 spiro atoms. The summed E-state index contributed by atoms with van der Waals surface area (Å²) in [6.45, 7) is 0. The Labute approximate surface area is 45.9 Å². The van der Waals surface area contributed by atoms with Gasteiger partial charge >= 0.3 is 0 Å². The molecule has 4 nitrogen and oxygen atoms in total. The molecule has 0 aromatic rings. The van der Waals surface area contributed by atoms with Crippen LogP contribution in [0.4, 0.5) is 0 Å². The molecule has 38 valence electrons. The fraction of sp³-hybridized carbons (Fsp3) is 0. The van der Waals surface area contributed by atoms with E-state index in [0.29, 0.717) is 0 Å². The van der Waals surface area contributed by atoms with Crippen molar-refractivity contribution in [1.82, 2.24) is 0 Å². The van der Waals surface area contributed by atoms with Crippen LogP contribution in [0.15, 0.2) is 10.2 Å². The first-order chi connectivity index (χ1) is 3.27. The minimum atomic E-state index is -0.332. The lowest BCUT2D eigenvalue weighted by Crippen LogP contribution is -2.03. The van der Waals surface area contributed by atoms with Gasteiger partial charge in [0.25, 0.3) is 0 Å². The Bertz CT molecular complexity index is 106. The summed E-state index contributed by atoms with van der Waals surface area (Å²) >= 11 is 4.23. The van der Waals surface area contributed by atoms with E-state index in [0.717, 1.165) is 5.49 Å². The molecule has 0 atom stereocenters. The average molecular weight is 116 g/mol. The Morgan fingerprint density at radius 2 is 2.43 bits per heavy atom. The fourth-order valence-corrected chi connectivity index (χ4v) is 0.133. The zero-order chi connectivity index (χ0) is 5.70. The van der Waals surface area contributed by atoms with Crippen molar-refractivity contribution in [3.63, 3.8) is 0 Å². The molecule has 0 rings (SSSR count). The molecular weight excluding hydrogens is 112 g/mol. The number of thiocarbonyl (C=S) groups is 1. The summed E-state index contributed by atoms with van der Waals surface area (Å²) in [5.74, 6) is -0.332. The molecule has 0 aliphatic carbocycles. The van der Waals surface area contributed by atoms with Crippen LogP contribution in [0, 0.1) is 5.41 Å². The minimum Gasteiger partial charge on any atom is -0.367 e. The van der Waals surface area contributed by atoms with Crippen LogP contribution in [-0.2, 0) is 0 Å². The van der Waals surface area contributed by atoms with Gasteiger partial charge < -0.3 is 5.73 Å². The third-order valence-electron chi connectivity index (χ3n) is 0.213. The quantitative estimate of drug-likeness (QED) is 0.223. The largest absolute Gasteiger partial charge is 0.367 e. The zero-order valence-corrected chi connectivity index (χ0v) is 4.27. The molecule has 0 unspecified atom stereocenters. The maximum Gasteiger partial charge on any atom is 0.232 e. The fourth-order valence-electron chi connectivity index (χ4n) is 0.0858. The predicted molar refractivity (Wildman–Crippen MR) is 30.4 cm³/mol. The van der Waals surface area contributed by atoms with E-state index in [1.165, 1.54) is 0 Å². The Morgan fingerprint density at radius 1 is 1.86 bits per heavy atom. The van der Waals surface area contributed by atoms with Crippen LogP contribution in [0.2, 0.25) is 0 Å². The van der Waals surface area contributed by atoms with Crippen molar-refractivity contribution in [3.8, 4) is 0 Å². The van der Waals surface area contributed by atoms with Crippen LogP contribution >= 0.6 is 12.2 Å². The number of azo groups is 1. The van der Waals surface area contributed by atoms with E-state index < -0.39 is 0 Å². The maximum atomic E-state index is 6.45. The normalized spacial score (nSPS) is 9.14. The number of rotatable bonds is 1. The van der Waals surface area contributed by atoms with Gasteiger partial charge in [-0.3, -0.25) is 5.41 Å². The van der Waals surface area contributed by atoms with Crippen molar-refractivity contribution in [2.75, 3.05) is 0 Å². The first-order valence-corrected chi connectivity index (χ1v) is 1.93. The third kappa shape index (κ3) is 5.16. The second-order valence-electron chi connectivity index (χ2n) is 0.706. The monoisotopic (exact) mass is 116 g/mol. The number of hydrogen-bond acceptors (Lipinski definition) is 2. The van der Waals surface area contributed by atoms with Crippen molar-refractivity contribution in [2.45, 2.75) is 0 Å². The van der Waals surface area contributed by atoms with Crippen LogP contribution in [0.5, 0.6) is 0 Å². The summed E-state index contributed by atoms with van der Waals surface area (Å²) in [6.07, 6.45) is 0. The lowest BCUT2D eigenvalue weighted by Gasteiger charge is -1.74. The lowest BCUT2D eigenvalue weighted by atomic mass is 11.1. The van der Waals surface area contributed by atoms with Gasteiger partial charge in [0, 0.05) is 0 Å². The standard InChI is InChI=1S/C2H4N4S/c3-2(4)6-5-1-7/h1H,(H3,3,4). The van der Waals surface area contributed by atoms with Gasteiger partial charge in [0.1, 0.15) is 5.49 Å². The zero-order valence-electron chi connectivity index (χ0n) is 3.46. The topological polar surface area (TPSA) is 74.6 Å². The summed E-state index contributed by atoms with van der Waals surface area (Å²) in [5.41, 5.74) is 5.78. The van der Waals surface area contributed by atoms with Gasteiger partial charge in [0.05, 0.1) is 0 Å². The van der Waals surface area contributed by atoms with Crippen molar-refractivity contribution >= 4 is 23.7 Å². The van der Waals surface area contributed by atoms with Gasteiger partial charge in [-0.25, -0.2) is 0 Å². The van der Waals surface area contributed by atoms with E-state index in [-0.39, 0.29) is 5.96 Å². The Morgan fingerprint density at radius 3 is 2.57 bits per heavy atom. The van der Waals surface area contributed by atoms with Gasteiger partial charge in [-0.15, -0.1) is 10.2 Å². The van der Waals surface area contributed by atoms with Gasteiger partial charge in [0.15, 0.2) is 0 Å². The van der Waals surface area contributed by atoms with Crippen molar-refractivity contribution in [1.29, 1.82) is 5.41 Å². The summed E-state index contributed by atoms with van der Waals surface area (Å²) in [5, 5.41) is 12.7. The van der Waals surface area contributed by atoms with E-state index >= 15 is 0 Å². The molecule has 0 saturated heterocycles. The van der Waals surface area contributed by atoms with Crippen LogP contribution in [0.3, 0.4) is 0 Å². The average Bonchev–Trinajstić information content (AvgIpc) is 1.61. The Hall–Kier alpha value is -0.840. The molecule has 0 aromatic carbocycles. The Kier molecular flexibility index (Phi) is 2.95. The third-order valence-corrected chi connectivity index (χ3v) is 0.307. The maximum absolute atomic E-state index is 6.45. The highest BCUT2D eigenvalue weighted by atomic mass is 32.1. The molecular formula is C2H4N4S. The van der Waals surface area contributed by atoms with Crippen molar-refractivity contribution in [2.24, 2.45) is 16.0 Å². The highest BCUT2D eigenvalue weighted by Gasteiger charge is 1.71. The molecule has 0 heterocycles. The number of nitrogens with two attached hydrogens (primary N) is 1. The van der Waals surface area contributed by atoms with E-state index in [2.05, 4.69) is 22.4 Å². The molecule has 0 radical (unpaired) electrons. The van der Waals surface area contributed by atoms with E-state index in [1.807, 2.05) is 0 Å². The predicted octanol–water partition coefficient (Wildman–Crippen LogP) is 0.289. The second-order valence-corrected chi connectivity index (χ2v) is 0.917. The first-order valence-electron chi connectivity index (χ1n) is 1.46. The molecule has 0 aliphatic heterocycles. The second kappa shape index (κ2) is 3.35. The van der Waals surface area contributed by atoms with Crippen LogP contribution in [0.1, 0.15) is 0 Å². The first kappa shape index (κ1) is 6.16. The molecule has 0 amide bonds. The summed E-state index contributed by atoms with van der Waals surface area (Å²) in [6, 6.07) is 0. The smallest absolute Gasteiger partial charge is 0.232 e. The van der Waals surface area contributed by atoms with Gasteiger partial charge in [-0.05, 0) is 0 Å². The lowest BCUT2D eigenvalue weighted by molar-refractivity contribution is 1.27. The minimum absolute atomic E-state index is 0.332.